The Morgan fingerprint density at radius 2 is 1.62 bits per heavy atom. The van der Waals surface area contributed by atoms with Crippen molar-refractivity contribution in [1.29, 1.82) is 0 Å². The molecule has 2 aromatic carbocycles. The van der Waals surface area contributed by atoms with E-state index < -0.39 is 10.0 Å². The maximum atomic E-state index is 12.4. The number of sulfonamides is 1. The van der Waals surface area contributed by atoms with Crippen LogP contribution in [0, 0.1) is 6.92 Å². The van der Waals surface area contributed by atoms with Crippen LogP contribution in [0.3, 0.4) is 0 Å². The van der Waals surface area contributed by atoms with Gasteiger partial charge in [-0.15, -0.1) is 0 Å². The fourth-order valence-electron chi connectivity index (χ4n) is 2.68. The summed E-state index contributed by atoms with van der Waals surface area (Å²) in [6, 6.07) is 17.2. The third-order valence-corrected chi connectivity index (χ3v) is 5.78. The van der Waals surface area contributed by atoms with Crippen LogP contribution < -0.4 is 4.72 Å². The van der Waals surface area contributed by atoms with Crippen molar-refractivity contribution in [3.63, 3.8) is 0 Å². The number of hydrogen-bond donors (Lipinski definition) is 1. The molecule has 0 heterocycles. The topological polar surface area (TPSA) is 46.2 Å². The summed E-state index contributed by atoms with van der Waals surface area (Å²) in [6.07, 6.45) is 2.07. The number of hydrogen-bond acceptors (Lipinski definition) is 2. The highest BCUT2D eigenvalue weighted by molar-refractivity contribution is 7.89. The van der Waals surface area contributed by atoms with Crippen LogP contribution in [0.1, 0.15) is 24.0 Å². The molecule has 0 saturated heterocycles. The molecule has 3 rings (SSSR count). The summed E-state index contributed by atoms with van der Waals surface area (Å²) in [5, 5.41) is 0. The van der Waals surface area contributed by atoms with E-state index in [4.69, 9.17) is 0 Å². The van der Waals surface area contributed by atoms with Crippen LogP contribution in [-0.2, 0) is 15.4 Å². The standard InChI is InChI=1S/C17H19NO2S/c1-14-7-5-6-10-16(14)21(19,20)18-13-17(11-12-17)15-8-3-2-4-9-15/h2-10,18H,11-13H2,1H3. The fraction of sp³-hybridized carbons (Fsp3) is 0.294. The second-order valence-corrected chi connectivity index (χ2v) is 7.47. The maximum absolute atomic E-state index is 12.4. The first-order valence-corrected chi connectivity index (χ1v) is 8.63. The van der Waals surface area contributed by atoms with E-state index in [9.17, 15) is 8.42 Å². The highest BCUT2D eigenvalue weighted by Crippen LogP contribution is 2.47. The largest absolute Gasteiger partial charge is 0.240 e. The zero-order valence-electron chi connectivity index (χ0n) is 12.0. The molecule has 0 spiro atoms. The van der Waals surface area contributed by atoms with E-state index in [-0.39, 0.29) is 5.41 Å². The maximum Gasteiger partial charge on any atom is 0.240 e. The van der Waals surface area contributed by atoms with Gasteiger partial charge in [0.1, 0.15) is 0 Å². The van der Waals surface area contributed by atoms with E-state index >= 15 is 0 Å². The molecular formula is C17H19NO2S. The van der Waals surface area contributed by atoms with E-state index in [0.717, 1.165) is 18.4 Å². The van der Waals surface area contributed by atoms with Gasteiger partial charge in [0.05, 0.1) is 4.90 Å². The number of aryl methyl sites for hydroxylation is 1. The molecule has 0 unspecified atom stereocenters. The summed E-state index contributed by atoms with van der Waals surface area (Å²) in [6.45, 7) is 2.28. The monoisotopic (exact) mass is 301 g/mol. The minimum Gasteiger partial charge on any atom is -0.210 e. The van der Waals surface area contributed by atoms with Gasteiger partial charge in [0, 0.05) is 12.0 Å². The van der Waals surface area contributed by atoms with Gasteiger partial charge in [-0.1, -0.05) is 48.5 Å². The summed E-state index contributed by atoms with van der Waals surface area (Å²) in [7, 11) is -3.44. The summed E-state index contributed by atoms with van der Waals surface area (Å²) in [5.41, 5.74) is 1.98. The molecule has 0 radical (unpaired) electrons. The summed E-state index contributed by atoms with van der Waals surface area (Å²) in [4.78, 5) is 0.369. The first-order valence-electron chi connectivity index (χ1n) is 7.14. The van der Waals surface area contributed by atoms with Crippen molar-refractivity contribution in [1.82, 2.24) is 4.72 Å². The smallest absolute Gasteiger partial charge is 0.210 e. The first kappa shape index (κ1) is 14.3. The van der Waals surface area contributed by atoms with Crippen LogP contribution in [0.2, 0.25) is 0 Å². The molecule has 0 bridgehead atoms. The predicted octanol–water partition coefficient (Wildman–Crippen LogP) is 3.01. The minimum absolute atomic E-state index is 0.0169. The third kappa shape index (κ3) is 2.87. The molecular weight excluding hydrogens is 282 g/mol. The Morgan fingerprint density at radius 3 is 2.24 bits per heavy atom. The Balaban J connectivity index is 1.78. The zero-order valence-corrected chi connectivity index (χ0v) is 12.9. The van der Waals surface area contributed by atoms with Gasteiger partial charge >= 0.3 is 0 Å². The van der Waals surface area contributed by atoms with Crippen LogP contribution in [0.4, 0.5) is 0 Å². The number of rotatable bonds is 5. The van der Waals surface area contributed by atoms with Gasteiger partial charge in [-0.3, -0.25) is 0 Å². The SMILES string of the molecule is Cc1ccccc1S(=O)(=O)NCC1(c2ccccc2)CC1. The lowest BCUT2D eigenvalue weighted by molar-refractivity contribution is 0.566. The summed E-state index contributed by atoms with van der Waals surface area (Å²) >= 11 is 0. The van der Waals surface area contributed by atoms with E-state index in [1.165, 1.54) is 5.56 Å². The second-order valence-electron chi connectivity index (χ2n) is 5.74. The lowest BCUT2D eigenvalue weighted by Crippen LogP contribution is -2.32. The van der Waals surface area contributed by atoms with Gasteiger partial charge in [-0.25, -0.2) is 13.1 Å². The normalized spacial score (nSPS) is 16.6. The zero-order chi connectivity index (χ0) is 14.9. The molecule has 1 N–H and O–H groups in total. The Morgan fingerprint density at radius 1 is 1.00 bits per heavy atom. The average molecular weight is 301 g/mol. The predicted molar refractivity (Wildman–Crippen MR) is 83.7 cm³/mol. The molecule has 1 aliphatic carbocycles. The lowest BCUT2D eigenvalue weighted by atomic mass is 9.96. The van der Waals surface area contributed by atoms with Crippen molar-refractivity contribution in [3.05, 3.63) is 65.7 Å². The lowest BCUT2D eigenvalue weighted by Gasteiger charge is -2.17. The van der Waals surface area contributed by atoms with Gasteiger partial charge in [-0.2, -0.15) is 0 Å². The molecule has 110 valence electrons. The minimum atomic E-state index is -3.44. The molecule has 3 nitrogen and oxygen atoms in total. The molecule has 0 amide bonds. The van der Waals surface area contributed by atoms with Crippen LogP contribution in [0.5, 0.6) is 0 Å². The van der Waals surface area contributed by atoms with Crippen LogP contribution in [0.15, 0.2) is 59.5 Å². The van der Waals surface area contributed by atoms with Crippen molar-refractivity contribution in [3.8, 4) is 0 Å². The summed E-state index contributed by atoms with van der Waals surface area (Å²) < 4.78 is 27.7. The molecule has 0 aliphatic heterocycles. The Hall–Kier alpha value is -1.65. The van der Waals surface area contributed by atoms with Gasteiger partial charge in [0.25, 0.3) is 0 Å². The molecule has 1 saturated carbocycles. The average Bonchev–Trinajstić information content (AvgIpc) is 3.28. The van der Waals surface area contributed by atoms with Gasteiger partial charge in [0.15, 0.2) is 0 Å². The molecule has 4 heteroatoms. The Labute approximate surface area is 126 Å². The van der Waals surface area contributed by atoms with Crippen LogP contribution in [0.25, 0.3) is 0 Å². The molecule has 2 aromatic rings. The van der Waals surface area contributed by atoms with E-state index in [1.807, 2.05) is 37.3 Å². The Kier molecular flexibility index (Phi) is 3.59. The number of nitrogens with one attached hydrogen (secondary N) is 1. The van der Waals surface area contributed by atoms with E-state index in [2.05, 4.69) is 16.9 Å². The first-order chi connectivity index (χ1) is 10.0. The second kappa shape index (κ2) is 5.28. The molecule has 1 fully saturated rings. The molecule has 0 atom stereocenters. The van der Waals surface area contributed by atoms with Crippen molar-refractivity contribution in [2.45, 2.75) is 30.1 Å². The number of benzene rings is 2. The van der Waals surface area contributed by atoms with E-state index in [1.54, 1.807) is 12.1 Å². The fourth-order valence-corrected chi connectivity index (χ4v) is 4.05. The van der Waals surface area contributed by atoms with Gasteiger partial charge in [0.2, 0.25) is 10.0 Å². The third-order valence-electron chi connectivity index (χ3n) is 4.22. The summed E-state index contributed by atoms with van der Waals surface area (Å²) in [5.74, 6) is 0. The van der Waals surface area contributed by atoms with Gasteiger partial charge < -0.3 is 0 Å². The molecule has 0 aromatic heterocycles. The van der Waals surface area contributed by atoms with Crippen LogP contribution >= 0.6 is 0 Å². The Bertz CT molecular complexity index is 734. The van der Waals surface area contributed by atoms with Crippen molar-refractivity contribution < 1.29 is 8.42 Å². The van der Waals surface area contributed by atoms with Gasteiger partial charge in [-0.05, 0) is 37.0 Å². The van der Waals surface area contributed by atoms with E-state index in [0.29, 0.717) is 11.4 Å². The highest BCUT2D eigenvalue weighted by Gasteiger charge is 2.44. The molecule has 1 aliphatic rings. The van der Waals surface area contributed by atoms with Crippen LogP contribution in [-0.4, -0.2) is 15.0 Å². The highest BCUT2D eigenvalue weighted by atomic mass is 32.2. The van der Waals surface area contributed by atoms with Crippen molar-refractivity contribution >= 4 is 10.0 Å². The molecule has 21 heavy (non-hydrogen) atoms. The quantitative estimate of drug-likeness (QED) is 0.923. The van der Waals surface area contributed by atoms with Crippen molar-refractivity contribution in [2.24, 2.45) is 0 Å². The van der Waals surface area contributed by atoms with Crippen molar-refractivity contribution in [2.75, 3.05) is 6.54 Å².